The molecule has 0 saturated heterocycles. The lowest BCUT2D eigenvalue weighted by Gasteiger charge is -2.18. The number of rotatable bonds is 2. The molecule has 0 fully saturated rings. The van der Waals surface area contributed by atoms with Gasteiger partial charge in [-0.1, -0.05) is 80.4 Å². The van der Waals surface area contributed by atoms with Crippen molar-refractivity contribution >= 4 is 85.3 Å². The summed E-state index contributed by atoms with van der Waals surface area (Å²) >= 11 is 15.4. The van der Waals surface area contributed by atoms with Crippen molar-refractivity contribution in [2.45, 2.75) is 6.92 Å². The molecule has 0 aliphatic heterocycles. The molecule has 0 radical (unpaired) electrons. The smallest absolute Gasteiger partial charge is 0.0295 e. The fourth-order valence-corrected chi connectivity index (χ4v) is 6.47. The van der Waals surface area contributed by atoms with Crippen LogP contribution in [-0.4, -0.2) is 0 Å². The van der Waals surface area contributed by atoms with Crippen LogP contribution in [0.1, 0.15) is 5.56 Å². The molecule has 0 saturated carbocycles. The van der Waals surface area contributed by atoms with Crippen molar-refractivity contribution in [1.82, 2.24) is 0 Å². The van der Waals surface area contributed by atoms with E-state index in [2.05, 4.69) is 150 Å². The van der Waals surface area contributed by atoms with Gasteiger partial charge in [0.15, 0.2) is 0 Å². The molecule has 152 valence electrons. The lowest BCUT2D eigenvalue weighted by Crippen LogP contribution is -1.92. The second-order valence-electron chi connectivity index (χ2n) is 7.58. The van der Waals surface area contributed by atoms with Gasteiger partial charge in [-0.15, -0.1) is 0 Å². The molecular formula is C27H16Br4. The lowest BCUT2D eigenvalue weighted by molar-refractivity contribution is 1.38. The predicted molar refractivity (Wildman–Crippen MR) is 148 cm³/mol. The van der Waals surface area contributed by atoms with Crippen LogP contribution in [0.2, 0.25) is 0 Å². The molecule has 31 heavy (non-hydrogen) atoms. The van der Waals surface area contributed by atoms with Crippen LogP contribution in [-0.2, 0) is 0 Å². The monoisotopic (exact) mass is 656 g/mol. The Morgan fingerprint density at radius 1 is 0.452 bits per heavy atom. The van der Waals surface area contributed by atoms with Gasteiger partial charge in [-0.05, 0) is 118 Å². The van der Waals surface area contributed by atoms with E-state index < -0.39 is 0 Å². The van der Waals surface area contributed by atoms with Crippen LogP contribution in [0.3, 0.4) is 0 Å². The Bertz CT molecular complexity index is 1380. The average molecular weight is 660 g/mol. The summed E-state index contributed by atoms with van der Waals surface area (Å²) in [5, 5.41) is 4.89. The van der Waals surface area contributed by atoms with E-state index in [0.717, 1.165) is 29.0 Å². The van der Waals surface area contributed by atoms with Crippen LogP contribution in [0.5, 0.6) is 0 Å². The molecular weight excluding hydrogens is 644 g/mol. The Morgan fingerprint density at radius 3 is 1.19 bits per heavy atom. The van der Waals surface area contributed by atoms with Crippen LogP contribution in [0.4, 0.5) is 0 Å². The van der Waals surface area contributed by atoms with Crippen LogP contribution in [0.25, 0.3) is 43.8 Å². The topological polar surface area (TPSA) is 0 Å². The Hall–Kier alpha value is -1.46. The molecule has 0 amide bonds. The highest BCUT2D eigenvalue weighted by atomic mass is 79.9. The SMILES string of the molecule is Cc1c(Br)c(-c2cc3ccccc3cc2Br)cc(-c2cc3ccccc3cc2Br)c1Br. The van der Waals surface area contributed by atoms with Gasteiger partial charge in [0.25, 0.3) is 0 Å². The van der Waals surface area contributed by atoms with Crippen molar-refractivity contribution in [2.75, 3.05) is 0 Å². The van der Waals surface area contributed by atoms with Crippen molar-refractivity contribution in [3.05, 3.63) is 102 Å². The highest BCUT2D eigenvalue weighted by Gasteiger charge is 2.18. The molecule has 0 unspecified atom stereocenters. The van der Waals surface area contributed by atoms with E-state index in [4.69, 9.17) is 0 Å². The zero-order valence-corrected chi connectivity index (χ0v) is 22.9. The number of benzene rings is 5. The van der Waals surface area contributed by atoms with E-state index in [1.165, 1.54) is 38.2 Å². The molecule has 5 aromatic carbocycles. The third kappa shape index (κ3) is 3.82. The normalized spacial score (nSPS) is 11.4. The van der Waals surface area contributed by atoms with Gasteiger partial charge in [-0.2, -0.15) is 0 Å². The van der Waals surface area contributed by atoms with Crippen LogP contribution in [0, 0.1) is 6.92 Å². The zero-order chi connectivity index (χ0) is 21.7. The zero-order valence-electron chi connectivity index (χ0n) is 16.5. The number of hydrogen-bond donors (Lipinski definition) is 0. The third-order valence-corrected chi connectivity index (χ3v) is 9.03. The Kier molecular flexibility index (Phi) is 5.85. The minimum Gasteiger partial charge on any atom is -0.0616 e. The van der Waals surface area contributed by atoms with Gasteiger partial charge in [0, 0.05) is 17.9 Å². The van der Waals surface area contributed by atoms with Crippen molar-refractivity contribution in [1.29, 1.82) is 0 Å². The van der Waals surface area contributed by atoms with Gasteiger partial charge in [0.2, 0.25) is 0 Å². The summed E-state index contributed by atoms with van der Waals surface area (Å²) in [6.45, 7) is 2.14. The largest absolute Gasteiger partial charge is 0.0616 e. The highest BCUT2D eigenvalue weighted by Crippen LogP contribution is 2.46. The first-order valence-corrected chi connectivity index (χ1v) is 13.0. The molecule has 0 atom stereocenters. The fraction of sp³-hybridized carbons (Fsp3) is 0.0370. The summed E-state index contributed by atoms with van der Waals surface area (Å²) in [4.78, 5) is 0. The third-order valence-electron chi connectivity index (χ3n) is 5.67. The first-order chi connectivity index (χ1) is 14.9. The summed E-state index contributed by atoms with van der Waals surface area (Å²) in [6, 6.07) is 28.1. The maximum atomic E-state index is 3.87. The Morgan fingerprint density at radius 2 is 0.806 bits per heavy atom. The van der Waals surface area contributed by atoms with E-state index >= 15 is 0 Å². The quantitative estimate of drug-likeness (QED) is 0.177. The van der Waals surface area contributed by atoms with Gasteiger partial charge in [-0.25, -0.2) is 0 Å². The minimum atomic E-state index is 1.08. The Labute approximate surface area is 215 Å². The van der Waals surface area contributed by atoms with Gasteiger partial charge in [-0.3, -0.25) is 0 Å². The maximum Gasteiger partial charge on any atom is 0.0295 e. The van der Waals surface area contributed by atoms with Crippen molar-refractivity contribution in [3.8, 4) is 22.3 Å². The first-order valence-electron chi connectivity index (χ1n) is 9.80. The first kappa shape index (κ1) is 21.4. The molecule has 0 nitrogen and oxygen atoms in total. The fourth-order valence-electron chi connectivity index (χ4n) is 4.00. The van der Waals surface area contributed by atoms with Gasteiger partial charge in [0.1, 0.15) is 0 Å². The van der Waals surface area contributed by atoms with Crippen LogP contribution in [0.15, 0.2) is 96.8 Å². The van der Waals surface area contributed by atoms with Gasteiger partial charge >= 0.3 is 0 Å². The second-order valence-corrected chi connectivity index (χ2v) is 10.9. The summed E-state index contributed by atoms with van der Waals surface area (Å²) in [6.07, 6.45) is 0. The van der Waals surface area contributed by atoms with Crippen molar-refractivity contribution in [3.63, 3.8) is 0 Å². The number of halogens is 4. The van der Waals surface area contributed by atoms with Gasteiger partial charge in [0.05, 0.1) is 0 Å². The predicted octanol–water partition coefficient (Wildman–Crippen LogP) is 10.7. The number of hydrogen-bond acceptors (Lipinski definition) is 0. The minimum absolute atomic E-state index is 1.08. The molecule has 5 rings (SSSR count). The van der Waals surface area contributed by atoms with E-state index in [-0.39, 0.29) is 0 Å². The molecule has 5 aromatic rings. The van der Waals surface area contributed by atoms with E-state index in [9.17, 15) is 0 Å². The van der Waals surface area contributed by atoms with Crippen LogP contribution >= 0.6 is 63.7 Å². The Balaban J connectivity index is 1.79. The molecule has 0 aliphatic rings. The molecule has 0 spiro atoms. The molecule has 0 aliphatic carbocycles. The van der Waals surface area contributed by atoms with Crippen molar-refractivity contribution in [2.24, 2.45) is 0 Å². The second kappa shape index (κ2) is 8.47. The molecule has 0 heterocycles. The maximum absolute atomic E-state index is 3.87. The molecule has 0 aromatic heterocycles. The molecule has 4 heteroatoms. The van der Waals surface area contributed by atoms with Crippen molar-refractivity contribution < 1.29 is 0 Å². The average Bonchev–Trinajstić information content (AvgIpc) is 2.77. The number of fused-ring (bicyclic) bond motifs is 2. The lowest BCUT2D eigenvalue weighted by atomic mass is 9.94. The van der Waals surface area contributed by atoms with Crippen LogP contribution < -0.4 is 0 Å². The van der Waals surface area contributed by atoms with E-state index in [0.29, 0.717) is 0 Å². The van der Waals surface area contributed by atoms with Gasteiger partial charge < -0.3 is 0 Å². The molecule has 0 bridgehead atoms. The highest BCUT2D eigenvalue weighted by molar-refractivity contribution is 9.11. The van der Waals surface area contributed by atoms with E-state index in [1.807, 2.05) is 0 Å². The van der Waals surface area contributed by atoms with E-state index in [1.54, 1.807) is 0 Å². The standard InChI is InChI=1S/C27H16Br4/c1-15-26(30)22(20-10-16-6-2-4-8-18(16)12-24(20)28)14-23(27(15)31)21-11-17-7-3-5-9-19(17)13-25(21)29/h2-14H,1H3. The summed E-state index contributed by atoms with van der Waals surface area (Å²) < 4.78 is 4.35. The summed E-state index contributed by atoms with van der Waals surface area (Å²) in [5.74, 6) is 0. The summed E-state index contributed by atoms with van der Waals surface area (Å²) in [5.41, 5.74) is 5.83. The summed E-state index contributed by atoms with van der Waals surface area (Å²) in [7, 11) is 0. The molecule has 0 N–H and O–H groups in total.